The van der Waals surface area contributed by atoms with Gasteiger partial charge in [0.2, 0.25) is 0 Å². The Labute approximate surface area is 118 Å². The van der Waals surface area contributed by atoms with E-state index in [0.717, 1.165) is 6.26 Å². The Bertz CT molecular complexity index is 599. The number of ether oxygens (including phenoxy) is 2. The minimum Gasteiger partial charge on any atom is -0.467 e. The van der Waals surface area contributed by atoms with Gasteiger partial charge in [0.1, 0.15) is 0 Å². The number of para-hydroxylation sites is 1. The van der Waals surface area contributed by atoms with Crippen LogP contribution in [0.3, 0.4) is 0 Å². The maximum atomic E-state index is 11.9. The Kier molecular flexibility index (Phi) is 4.29. The standard InChI is InChI=1S/C13H17NO5S/c1-18-13(15)11-9-19-8-7-14(11)10-5-3-4-6-12(10)20(2,16)17/h3-6,11H,7-9H2,1-2H3. The van der Waals surface area contributed by atoms with Gasteiger partial charge in [0.05, 0.1) is 30.9 Å². The molecule has 0 aliphatic carbocycles. The van der Waals surface area contributed by atoms with E-state index in [2.05, 4.69) is 0 Å². The molecule has 0 saturated carbocycles. The van der Waals surface area contributed by atoms with Gasteiger partial charge >= 0.3 is 5.97 Å². The number of hydrogen-bond acceptors (Lipinski definition) is 6. The number of carbonyl (C=O) groups is 1. The highest BCUT2D eigenvalue weighted by atomic mass is 32.2. The summed E-state index contributed by atoms with van der Waals surface area (Å²) in [6, 6.07) is 6.00. The first-order valence-electron chi connectivity index (χ1n) is 6.16. The van der Waals surface area contributed by atoms with Crippen LogP contribution in [0.4, 0.5) is 5.69 Å². The van der Waals surface area contributed by atoms with Crippen molar-refractivity contribution >= 4 is 21.5 Å². The highest BCUT2D eigenvalue weighted by Crippen LogP contribution is 2.28. The van der Waals surface area contributed by atoms with Crippen molar-refractivity contribution in [3.05, 3.63) is 24.3 Å². The fraction of sp³-hybridized carbons (Fsp3) is 0.462. The number of carbonyl (C=O) groups excluding carboxylic acids is 1. The van der Waals surface area contributed by atoms with Crippen LogP contribution in [0, 0.1) is 0 Å². The van der Waals surface area contributed by atoms with Gasteiger partial charge in [0.25, 0.3) is 0 Å². The summed E-state index contributed by atoms with van der Waals surface area (Å²) in [4.78, 5) is 13.8. The van der Waals surface area contributed by atoms with Gasteiger partial charge in [-0.05, 0) is 12.1 Å². The number of esters is 1. The van der Waals surface area contributed by atoms with E-state index >= 15 is 0 Å². The maximum Gasteiger partial charge on any atom is 0.330 e. The molecule has 20 heavy (non-hydrogen) atoms. The lowest BCUT2D eigenvalue weighted by atomic mass is 10.2. The largest absolute Gasteiger partial charge is 0.467 e. The smallest absolute Gasteiger partial charge is 0.330 e. The summed E-state index contributed by atoms with van der Waals surface area (Å²) < 4.78 is 33.8. The third kappa shape index (κ3) is 2.94. The zero-order valence-electron chi connectivity index (χ0n) is 11.4. The van der Waals surface area contributed by atoms with Crippen molar-refractivity contribution < 1.29 is 22.7 Å². The molecule has 6 nitrogen and oxygen atoms in total. The average Bonchev–Trinajstić information content (AvgIpc) is 2.45. The Morgan fingerprint density at radius 1 is 1.40 bits per heavy atom. The second-order valence-electron chi connectivity index (χ2n) is 4.55. The van der Waals surface area contributed by atoms with Crippen LogP contribution in [-0.4, -0.2) is 53.6 Å². The van der Waals surface area contributed by atoms with Crippen molar-refractivity contribution in [2.45, 2.75) is 10.9 Å². The van der Waals surface area contributed by atoms with E-state index in [1.54, 1.807) is 23.1 Å². The van der Waals surface area contributed by atoms with Crippen molar-refractivity contribution in [3.8, 4) is 0 Å². The van der Waals surface area contributed by atoms with Gasteiger partial charge in [-0.25, -0.2) is 13.2 Å². The summed E-state index contributed by atoms with van der Waals surface area (Å²) in [5, 5.41) is 0. The number of benzene rings is 1. The molecule has 1 aromatic carbocycles. The first-order chi connectivity index (χ1) is 9.45. The van der Waals surface area contributed by atoms with Crippen LogP contribution < -0.4 is 4.90 Å². The molecule has 2 rings (SSSR count). The molecule has 1 fully saturated rings. The number of nitrogens with zero attached hydrogens (tertiary/aromatic N) is 1. The molecule has 0 aromatic heterocycles. The fourth-order valence-electron chi connectivity index (χ4n) is 2.23. The van der Waals surface area contributed by atoms with Crippen LogP contribution in [0.1, 0.15) is 0 Å². The van der Waals surface area contributed by atoms with E-state index < -0.39 is 21.8 Å². The highest BCUT2D eigenvalue weighted by molar-refractivity contribution is 7.90. The minimum absolute atomic E-state index is 0.185. The molecule has 1 aromatic rings. The quantitative estimate of drug-likeness (QED) is 0.755. The molecule has 1 saturated heterocycles. The molecule has 1 atom stereocenters. The predicted molar refractivity (Wildman–Crippen MR) is 73.5 cm³/mol. The van der Waals surface area contributed by atoms with Crippen LogP contribution >= 0.6 is 0 Å². The number of morpholine rings is 1. The summed E-state index contributed by atoms with van der Waals surface area (Å²) in [6.45, 7) is 1.06. The zero-order chi connectivity index (χ0) is 14.8. The lowest BCUT2D eigenvalue weighted by Crippen LogP contribution is -2.51. The number of hydrogen-bond donors (Lipinski definition) is 0. The van der Waals surface area contributed by atoms with E-state index in [-0.39, 0.29) is 11.5 Å². The lowest BCUT2D eigenvalue weighted by molar-refractivity contribution is -0.144. The van der Waals surface area contributed by atoms with Crippen molar-refractivity contribution in [1.82, 2.24) is 0 Å². The molecule has 0 bridgehead atoms. The van der Waals surface area contributed by atoms with Gasteiger partial charge in [0.15, 0.2) is 15.9 Å². The molecule has 110 valence electrons. The minimum atomic E-state index is -3.37. The van der Waals surface area contributed by atoms with Crippen LogP contribution in [0.25, 0.3) is 0 Å². The van der Waals surface area contributed by atoms with Crippen LogP contribution in [0.15, 0.2) is 29.2 Å². The van der Waals surface area contributed by atoms with Crippen molar-refractivity contribution in [1.29, 1.82) is 0 Å². The molecule has 0 amide bonds. The van der Waals surface area contributed by atoms with Crippen LogP contribution in [0.5, 0.6) is 0 Å². The van der Waals surface area contributed by atoms with Crippen LogP contribution in [0.2, 0.25) is 0 Å². The summed E-state index contributed by atoms with van der Waals surface area (Å²) >= 11 is 0. The van der Waals surface area contributed by atoms with Crippen molar-refractivity contribution in [2.75, 3.05) is 38.0 Å². The monoisotopic (exact) mass is 299 g/mol. The predicted octanol–water partition coefficient (Wildman–Crippen LogP) is 0.468. The first kappa shape index (κ1) is 14.8. The first-order valence-corrected chi connectivity index (χ1v) is 8.05. The molecule has 7 heteroatoms. The molecule has 0 N–H and O–H groups in total. The molecule has 0 radical (unpaired) electrons. The molecule has 1 unspecified atom stereocenters. The molecular weight excluding hydrogens is 282 g/mol. The van der Waals surface area contributed by atoms with Gasteiger partial charge < -0.3 is 14.4 Å². The average molecular weight is 299 g/mol. The molecule has 0 spiro atoms. The molecule has 1 aliphatic heterocycles. The lowest BCUT2D eigenvalue weighted by Gasteiger charge is -2.36. The second kappa shape index (κ2) is 5.80. The van der Waals surface area contributed by atoms with E-state index in [1.807, 2.05) is 0 Å². The Hall–Kier alpha value is -1.60. The van der Waals surface area contributed by atoms with Crippen LogP contribution in [-0.2, 0) is 24.1 Å². The Morgan fingerprint density at radius 2 is 2.10 bits per heavy atom. The zero-order valence-corrected chi connectivity index (χ0v) is 12.2. The highest BCUT2D eigenvalue weighted by Gasteiger charge is 2.32. The third-order valence-electron chi connectivity index (χ3n) is 3.18. The van der Waals surface area contributed by atoms with Crippen molar-refractivity contribution in [2.24, 2.45) is 0 Å². The van der Waals surface area contributed by atoms with Gasteiger partial charge in [0, 0.05) is 12.8 Å². The van der Waals surface area contributed by atoms with Crippen molar-refractivity contribution in [3.63, 3.8) is 0 Å². The van der Waals surface area contributed by atoms with Gasteiger partial charge in [-0.15, -0.1) is 0 Å². The molecular formula is C13H17NO5S. The maximum absolute atomic E-state index is 11.9. The summed E-state index contributed by atoms with van der Waals surface area (Å²) in [5.74, 6) is -0.437. The SMILES string of the molecule is COC(=O)C1COCCN1c1ccccc1S(C)(=O)=O. The summed E-state index contributed by atoms with van der Waals surface area (Å²) in [5.41, 5.74) is 0.508. The second-order valence-corrected chi connectivity index (χ2v) is 6.53. The van der Waals surface area contributed by atoms with Gasteiger partial charge in [-0.3, -0.25) is 0 Å². The third-order valence-corrected chi connectivity index (χ3v) is 4.32. The normalized spacial score (nSPS) is 19.7. The van der Waals surface area contributed by atoms with E-state index in [9.17, 15) is 13.2 Å². The fourth-order valence-corrected chi connectivity index (χ4v) is 3.12. The summed E-state index contributed by atoms with van der Waals surface area (Å²) in [7, 11) is -2.07. The van der Waals surface area contributed by atoms with Gasteiger partial charge in [-0.1, -0.05) is 12.1 Å². The van der Waals surface area contributed by atoms with E-state index in [0.29, 0.717) is 18.8 Å². The Balaban J connectivity index is 2.46. The number of rotatable bonds is 3. The topological polar surface area (TPSA) is 72.9 Å². The number of methoxy groups -OCH3 is 1. The van der Waals surface area contributed by atoms with E-state index in [1.165, 1.54) is 13.2 Å². The number of sulfone groups is 1. The number of anilines is 1. The molecule has 1 heterocycles. The molecule has 1 aliphatic rings. The summed E-state index contributed by atoms with van der Waals surface area (Å²) in [6.07, 6.45) is 1.15. The van der Waals surface area contributed by atoms with E-state index in [4.69, 9.17) is 9.47 Å². The Morgan fingerprint density at radius 3 is 2.75 bits per heavy atom. The van der Waals surface area contributed by atoms with Gasteiger partial charge in [-0.2, -0.15) is 0 Å².